The van der Waals surface area contributed by atoms with Crippen LogP contribution in [0.25, 0.3) is 0 Å². The van der Waals surface area contributed by atoms with Crippen LogP contribution in [0, 0.1) is 0 Å². The largest absolute Gasteiger partial charge is 0.418 e. The van der Waals surface area contributed by atoms with Crippen LogP contribution in [0.1, 0.15) is 24.5 Å². The molecule has 112 valence electrons. The van der Waals surface area contributed by atoms with Gasteiger partial charge in [0.1, 0.15) is 17.3 Å². The van der Waals surface area contributed by atoms with E-state index >= 15 is 0 Å². The Hall–Kier alpha value is -1.82. The van der Waals surface area contributed by atoms with Crippen LogP contribution >= 0.6 is 11.6 Å². The predicted octanol–water partition coefficient (Wildman–Crippen LogP) is 4.84. The van der Waals surface area contributed by atoms with Gasteiger partial charge in [-0.2, -0.15) is 13.2 Å². The van der Waals surface area contributed by atoms with Crippen LogP contribution in [-0.2, 0) is 12.6 Å². The molecule has 0 aliphatic heterocycles. The second-order valence-corrected chi connectivity index (χ2v) is 4.77. The van der Waals surface area contributed by atoms with E-state index in [1.165, 1.54) is 24.5 Å². The van der Waals surface area contributed by atoms with E-state index in [0.717, 1.165) is 12.5 Å². The Balaban J connectivity index is 2.42. The molecule has 1 aromatic heterocycles. The monoisotopic (exact) mass is 315 g/mol. The molecule has 0 aliphatic carbocycles. The Morgan fingerprint density at radius 2 is 1.90 bits per heavy atom. The summed E-state index contributed by atoms with van der Waals surface area (Å²) in [4.78, 5) is 7.87. The summed E-state index contributed by atoms with van der Waals surface area (Å²) in [6.07, 6.45) is -1.86. The van der Waals surface area contributed by atoms with Gasteiger partial charge in [-0.05, 0) is 18.6 Å². The van der Waals surface area contributed by atoms with Crippen molar-refractivity contribution in [1.29, 1.82) is 0 Å². The molecular weight excluding hydrogens is 303 g/mol. The molecule has 2 rings (SSSR count). The third-order valence-corrected chi connectivity index (χ3v) is 3.20. The smallest absolute Gasteiger partial charge is 0.339 e. The van der Waals surface area contributed by atoms with Crippen molar-refractivity contribution in [2.75, 3.05) is 5.32 Å². The van der Waals surface area contributed by atoms with Crippen LogP contribution in [0.5, 0.6) is 0 Å². The normalized spacial score (nSPS) is 11.5. The van der Waals surface area contributed by atoms with E-state index in [4.69, 9.17) is 11.6 Å². The molecule has 21 heavy (non-hydrogen) atoms. The van der Waals surface area contributed by atoms with E-state index in [9.17, 15) is 13.2 Å². The maximum atomic E-state index is 13.0. The number of anilines is 2. The lowest BCUT2D eigenvalue weighted by Gasteiger charge is -2.16. The molecule has 0 radical (unpaired) electrons. The highest BCUT2D eigenvalue weighted by Gasteiger charge is 2.33. The SMILES string of the molecule is CCCc1c(Cl)ncnc1Nc1ccccc1C(F)(F)F. The van der Waals surface area contributed by atoms with E-state index in [1.807, 2.05) is 6.92 Å². The lowest BCUT2D eigenvalue weighted by Crippen LogP contribution is -2.10. The summed E-state index contributed by atoms with van der Waals surface area (Å²) in [5.74, 6) is 0.300. The fourth-order valence-corrected chi connectivity index (χ4v) is 2.16. The van der Waals surface area contributed by atoms with Crippen LogP contribution < -0.4 is 5.32 Å². The molecule has 0 saturated carbocycles. The highest BCUT2D eigenvalue weighted by atomic mass is 35.5. The zero-order chi connectivity index (χ0) is 15.5. The average Bonchev–Trinajstić information content (AvgIpc) is 2.42. The lowest BCUT2D eigenvalue weighted by atomic mass is 10.1. The van der Waals surface area contributed by atoms with Gasteiger partial charge in [0.05, 0.1) is 11.3 Å². The van der Waals surface area contributed by atoms with Crippen LogP contribution in [-0.4, -0.2) is 9.97 Å². The minimum atomic E-state index is -4.44. The van der Waals surface area contributed by atoms with Crippen molar-refractivity contribution < 1.29 is 13.2 Å². The molecular formula is C14H13ClF3N3. The first-order chi connectivity index (χ1) is 9.93. The van der Waals surface area contributed by atoms with E-state index in [0.29, 0.717) is 17.8 Å². The van der Waals surface area contributed by atoms with Crippen molar-refractivity contribution in [2.45, 2.75) is 25.9 Å². The average molecular weight is 316 g/mol. The maximum Gasteiger partial charge on any atom is 0.418 e. The molecule has 0 bridgehead atoms. The van der Waals surface area contributed by atoms with Crippen molar-refractivity contribution >= 4 is 23.1 Å². The highest BCUT2D eigenvalue weighted by molar-refractivity contribution is 6.30. The summed E-state index contributed by atoms with van der Waals surface area (Å²) in [7, 11) is 0. The van der Waals surface area contributed by atoms with E-state index in [-0.39, 0.29) is 10.8 Å². The topological polar surface area (TPSA) is 37.8 Å². The molecule has 0 saturated heterocycles. The number of nitrogens with zero attached hydrogens (tertiary/aromatic N) is 2. The maximum absolute atomic E-state index is 13.0. The molecule has 7 heteroatoms. The third kappa shape index (κ3) is 3.64. The van der Waals surface area contributed by atoms with Gasteiger partial charge in [0.2, 0.25) is 0 Å². The second kappa shape index (κ2) is 6.30. The molecule has 1 N–H and O–H groups in total. The minimum Gasteiger partial charge on any atom is -0.339 e. The first-order valence-electron chi connectivity index (χ1n) is 6.36. The summed E-state index contributed by atoms with van der Waals surface area (Å²) < 4.78 is 38.9. The van der Waals surface area contributed by atoms with Gasteiger partial charge in [0.15, 0.2) is 0 Å². The predicted molar refractivity (Wildman–Crippen MR) is 75.8 cm³/mol. The zero-order valence-electron chi connectivity index (χ0n) is 11.2. The van der Waals surface area contributed by atoms with Gasteiger partial charge in [-0.1, -0.05) is 37.1 Å². The molecule has 1 aromatic carbocycles. The summed E-state index contributed by atoms with van der Waals surface area (Å²) in [5, 5.41) is 2.97. The van der Waals surface area contributed by atoms with Crippen molar-refractivity contribution in [3.8, 4) is 0 Å². The standard InChI is InChI=1S/C14H13ClF3N3/c1-2-5-9-12(15)19-8-20-13(9)21-11-7-4-3-6-10(11)14(16,17)18/h3-4,6-8H,2,5H2,1H3,(H,19,20,21). The molecule has 2 aromatic rings. The number of aromatic nitrogens is 2. The number of para-hydroxylation sites is 1. The zero-order valence-corrected chi connectivity index (χ0v) is 12.0. The van der Waals surface area contributed by atoms with E-state index in [1.54, 1.807) is 0 Å². The van der Waals surface area contributed by atoms with Crippen LogP contribution in [0.15, 0.2) is 30.6 Å². The molecule has 0 unspecified atom stereocenters. The van der Waals surface area contributed by atoms with Gasteiger partial charge in [0, 0.05) is 5.56 Å². The number of alkyl halides is 3. The van der Waals surface area contributed by atoms with Gasteiger partial charge in [-0.15, -0.1) is 0 Å². The lowest BCUT2D eigenvalue weighted by molar-refractivity contribution is -0.136. The van der Waals surface area contributed by atoms with Gasteiger partial charge in [-0.3, -0.25) is 0 Å². The van der Waals surface area contributed by atoms with Gasteiger partial charge >= 0.3 is 6.18 Å². The van der Waals surface area contributed by atoms with Crippen molar-refractivity contribution in [2.24, 2.45) is 0 Å². The number of nitrogens with one attached hydrogen (secondary N) is 1. The Morgan fingerprint density at radius 3 is 2.57 bits per heavy atom. The fraction of sp³-hybridized carbons (Fsp3) is 0.286. The fourth-order valence-electron chi connectivity index (χ4n) is 1.94. The summed E-state index contributed by atoms with van der Waals surface area (Å²) >= 11 is 5.99. The number of hydrogen-bond acceptors (Lipinski definition) is 3. The van der Waals surface area contributed by atoms with Crippen molar-refractivity contribution in [3.05, 3.63) is 46.9 Å². The van der Waals surface area contributed by atoms with Crippen LogP contribution in [0.4, 0.5) is 24.7 Å². The molecule has 0 amide bonds. The first kappa shape index (κ1) is 15.6. The summed E-state index contributed by atoms with van der Waals surface area (Å²) in [6, 6.07) is 5.24. The van der Waals surface area contributed by atoms with Crippen molar-refractivity contribution in [1.82, 2.24) is 9.97 Å². The Bertz CT molecular complexity index is 629. The molecule has 1 heterocycles. The number of rotatable bonds is 4. The third-order valence-electron chi connectivity index (χ3n) is 2.88. The number of benzene rings is 1. The minimum absolute atomic E-state index is 0.0582. The molecule has 3 nitrogen and oxygen atoms in total. The number of halogens is 4. The Morgan fingerprint density at radius 1 is 1.19 bits per heavy atom. The van der Waals surface area contributed by atoms with Gasteiger partial charge < -0.3 is 5.32 Å². The first-order valence-corrected chi connectivity index (χ1v) is 6.74. The summed E-state index contributed by atoms with van der Waals surface area (Å²) in [6.45, 7) is 1.94. The van der Waals surface area contributed by atoms with Gasteiger partial charge in [0.25, 0.3) is 0 Å². The van der Waals surface area contributed by atoms with E-state index < -0.39 is 11.7 Å². The molecule has 0 spiro atoms. The van der Waals surface area contributed by atoms with Crippen molar-refractivity contribution in [3.63, 3.8) is 0 Å². The second-order valence-electron chi connectivity index (χ2n) is 4.41. The number of hydrogen-bond donors (Lipinski definition) is 1. The summed E-state index contributed by atoms with van der Waals surface area (Å²) in [5.41, 5.74) is -0.196. The van der Waals surface area contributed by atoms with Crippen LogP contribution in [0.2, 0.25) is 5.15 Å². The Labute approximate surface area is 125 Å². The highest BCUT2D eigenvalue weighted by Crippen LogP contribution is 2.36. The van der Waals surface area contributed by atoms with Crippen LogP contribution in [0.3, 0.4) is 0 Å². The Kier molecular flexibility index (Phi) is 4.67. The molecule has 0 atom stereocenters. The molecule has 0 fully saturated rings. The van der Waals surface area contributed by atoms with Gasteiger partial charge in [-0.25, -0.2) is 9.97 Å². The molecule has 0 aliphatic rings. The quantitative estimate of drug-likeness (QED) is 0.820. The van der Waals surface area contributed by atoms with E-state index in [2.05, 4.69) is 15.3 Å².